The largest absolute Gasteiger partial charge is 0.350 e. The van der Waals surface area contributed by atoms with Crippen LogP contribution in [0.2, 0.25) is 0 Å². The molecule has 0 radical (unpaired) electrons. The van der Waals surface area contributed by atoms with Gasteiger partial charge >= 0.3 is 0 Å². The van der Waals surface area contributed by atoms with Gasteiger partial charge in [-0.1, -0.05) is 32.8 Å². The normalized spacial score (nSPS) is 12.5. The molecule has 0 spiro atoms. The Hall–Kier alpha value is -1.09. The van der Waals surface area contributed by atoms with Crippen molar-refractivity contribution in [3.63, 3.8) is 0 Å². The van der Waals surface area contributed by atoms with Gasteiger partial charge in [-0.2, -0.15) is 0 Å². The van der Waals surface area contributed by atoms with Gasteiger partial charge in [0.05, 0.1) is 10.9 Å². The van der Waals surface area contributed by atoms with Crippen LogP contribution in [0.15, 0.2) is 18.2 Å². The number of benzene rings is 1. The standard InChI is InChI=1S/C15H21ClFNO/c1-4-11(5-2)13(16)9-18-15(19)12-7-6-10(3)8-14(12)17/h6-8,11,13H,4-5,9H2,1-3H3,(H,18,19). The van der Waals surface area contributed by atoms with E-state index in [0.29, 0.717) is 12.5 Å². The summed E-state index contributed by atoms with van der Waals surface area (Å²) in [5, 5.41) is 2.58. The van der Waals surface area contributed by atoms with Gasteiger partial charge in [-0.15, -0.1) is 11.6 Å². The Morgan fingerprint density at radius 2 is 2.00 bits per heavy atom. The summed E-state index contributed by atoms with van der Waals surface area (Å²) in [6, 6.07) is 4.57. The second-order valence-electron chi connectivity index (χ2n) is 4.79. The van der Waals surface area contributed by atoms with E-state index in [4.69, 9.17) is 11.6 Å². The SMILES string of the molecule is CCC(CC)C(Cl)CNC(=O)c1ccc(C)cc1F. The van der Waals surface area contributed by atoms with E-state index in [2.05, 4.69) is 19.2 Å². The first-order valence-corrected chi connectivity index (χ1v) is 7.11. The first kappa shape index (κ1) is 16.0. The van der Waals surface area contributed by atoms with Crippen LogP contribution in [-0.4, -0.2) is 17.8 Å². The van der Waals surface area contributed by atoms with Gasteiger partial charge in [-0.3, -0.25) is 4.79 Å². The van der Waals surface area contributed by atoms with Crippen molar-refractivity contribution in [2.45, 2.75) is 39.0 Å². The number of amides is 1. The number of aryl methyl sites for hydroxylation is 1. The average Bonchev–Trinajstić information content (AvgIpc) is 2.37. The molecule has 0 heterocycles. The minimum absolute atomic E-state index is 0.0685. The molecule has 0 aliphatic carbocycles. The summed E-state index contributed by atoms with van der Waals surface area (Å²) in [6.45, 7) is 6.29. The summed E-state index contributed by atoms with van der Waals surface area (Å²) in [5.41, 5.74) is 0.861. The molecule has 2 nitrogen and oxygen atoms in total. The van der Waals surface area contributed by atoms with E-state index in [9.17, 15) is 9.18 Å². The van der Waals surface area contributed by atoms with Crippen LogP contribution in [-0.2, 0) is 0 Å². The van der Waals surface area contributed by atoms with E-state index in [-0.39, 0.29) is 10.9 Å². The van der Waals surface area contributed by atoms with Crippen molar-refractivity contribution in [2.75, 3.05) is 6.54 Å². The molecule has 1 aromatic carbocycles. The van der Waals surface area contributed by atoms with Crippen LogP contribution in [0.25, 0.3) is 0 Å². The van der Waals surface area contributed by atoms with Crippen LogP contribution >= 0.6 is 11.6 Å². The molecule has 1 amide bonds. The third-order valence-corrected chi connectivity index (χ3v) is 3.90. The lowest BCUT2D eigenvalue weighted by Crippen LogP contribution is -2.33. The zero-order valence-corrected chi connectivity index (χ0v) is 12.4. The Kier molecular flexibility index (Phi) is 6.29. The van der Waals surface area contributed by atoms with Gasteiger partial charge in [0.1, 0.15) is 5.82 Å². The van der Waals surface area contributed by atoms with Gasteiger partial charge in [0.15, 0.2) is 0 Å². The maximum atomic E-state index is 13.6. The predicted molar refractivity (Wildman–Crippen MR) is 77.2 cm³/mol. The van der Waals surface area contributed by atoms with Gasteiger partial charge in [0, 0.05) is 6.54 Å². The molecule has 0 aliphatic heterocycles. The van der Waals surface area contributed by atoms with Gasteiger partial charge < -0.3 is 5.32 Å². The van der Waals surface area contributed by atoms with Gasteiger partial charge in [-0.05, 0) is 30.5 Å². The lowest BCUT2D eigenvalue weighted by molar-refractivity contribution is 0.0947. The van der Waals surface area contributed by atoms with Crippen molar-refractivity contribution in [2.24, 2.45) is 5.92 Å². The third-order valence-electron chi connectivity index (χ3n) is 3.39. The summed E-state index contributed by atoms with van der Waals surface area (Å²) in [7, 11) is 0. The van der Waals surface area contributed by atoms with Crippen LogP contribution in [0.1, 0.15) is 42.6 Å². The quantitative estimate of drug-likeness (QED) is 0.789. The molecule has 0 saturated heterocycles. The lowest BCUT2D eigenvalue weighted by atomic mass is 9.99. The summed E-state index contributed by atoms with van der Waals surface area (Å²) in [4.78, 5) is 11.9. The van der Waals surface area contributed by atoms with Crippen molar-refractivity contribution in [3.8, 4) is 0 Å². The molecule has 1 unspecified atom stereocenters. The highest BCUT2D eigenvalue weighted by Gasteiger charge is 2.18. The third kappa shape index (κ3) is 4.50. The van der Waals surface area contributed by atoms with Crippen molar-refractivity contribution in [1.82, 2.24) is 5.32 Å². The van der Waals surface area contributed by atoms with Gasteiger partial charge in [-0.25, -0.2) is 4.39 Å². The minimum Gasteiger partial charge on any atom is -0.350 e. The zero-order chi connectivity index (χ0) is 14.4. The summed E-state index contributed by atoms with van der Waals surface area (Å²) < 4.78 is 13.6. The van der Waals surface area contributed by atoms with Crippen molar-refractivity contribution in [1.29, 1.82) is 0 Å². The van der Waals surface area contributed by atoms with E-state index >= 15 is 0 Å². The van der Waals surface area contributed by atoms with Crippen molar-refractivity contribution >= 4 is 17.5 Å². The smallest absolute Gasteiger partial charge is 0.254 e. The average molecular weight is 286 g/mol. The number of hydrogen-bond donors (Lipinski definition) is 1. The monoisotopic (exact) mass is 285 g/mol. The second kappa shape index (κ2) is 7.49. The number of alkyl halides is 1. The van der Waals surface area contributed by atoms with Crippen LogP contribution in [0.5, 0.6) is 0 Å². The first-order valence-electron chi connectivity index (χ1n) is 6.68. The van der Waals surface area contributed by atoms with Crippen LogP contribution in [0.3, 0.4) is 0 Å². The summed E-state index contributed by atoms with van der Waals surface area (Å²) in [6.07, 6.45) is 1.94. The zero-order valence-electron chi connectivity index (χ0n) is 11.7. The molecular weight excluding hydrogens is 265 g/mol. The number of rotatable bonds is 6. The van der Waals surface area contributed by atoms with E-state index in [1.54, 1.807) is 13.0 Å². The molecule has 1 atom stereocenters. The fourth-order valence-corrected chi connectivity index (χ4v) is 2.49. The molecule has 1 N–H and O–H groups in total. The summed E-state index contributed by atoms with van der Waals surface area (Å²) in [5.74, 6) is -0.537. The second-order valence-corrected chi connectivity index (χ2v) is 5.35. The predicted octanol–water partition coefficient (Wildman–Crippen LogP) is 3.91. The lowest BCUT2D eigenvalue weighted by Gasteiger charge is -2.19. The molecule has 1 rings (SSSR count). The molecule has 19 heavy (non-hydrogen) atoms. The highest BCUT2D eigenvalue weighted by molar-refractivity contribution is 6.21. The fraction of sp³-hybridized carbons (Fsp3) is 0.533. The Morgan fingerprint density at radius 1 is 1.37 bits per heavy atom. The van der Waals surface area contributed by atoms with Crippen molar-refractivity contribution < 1.29 is 9.18 Å². The van der Waals surface area contributed by atoms with Gasteiger partial charge in [0.2, 0.25) is 0 Å². The molecule has 1 aromatic rings. The Balaban J connectivity index is 2.60. The number of carbonyl (C=O) groups excluding carboxylic acids is 1. The molecule has 0 aromatic heterocycles. The van der Waals surface area contributed by atoms with E-state index in [1.807, 2.05) is 0 Å². The Bertz CT molecular complexity index is 432. The fourth-order valence-electron chi connectivity index (χ4n) is 2.06. The molecule has 4 heteroatoms. The maximum Gasteiger partial charge on any atom is 0.254 e. The molecule has 0 saturated carbocycles. The molecular formula is C15H21ClFNO. The van der Waals surface area contributed by atoms with Crippen molar-refractivity contribution in [3.05, 3.63) is 35.1 Å². The van der Waals surface area contributed by atoms with Crippen LogP contribution in [0, 0.1) is 18.7 Å². The number of hydrogen-bond acceptors (Lipinski definition) is 1. The van der Waals surface area contributed by atoms with E-state index in [0.717, 1.165) is 18.4 Å². The van der Waals surface area contributed by atoms with Crippen LogP contribution < -0.4 is 5.32 Å². The molecule has 106 valence electrons. The number of halogens is 2. The number of nitrogens with one attached hydrogen (secondary N) is 1. The highest BCUT2D eigenvalue weighted by Crippen LogP contribution is 2.18. The topological polar surface area (TPSA) is 29.1 Å². The Labute approximate surface area is 119 Å². The number of carbonyl (C=O) groups is 1. The van der Waals surface area contributed by atoms with E-state index in [1.165, 1.54) is 12.1 Å². The summed E-state index contributed by atoms with van der Waals surface area (Å²) >= 11 is 6.24. The first-order chi connectivity index (χ1) is 8.99. The Morgan fingerprint density at radius 3 is 2.53 bits per heavy atom. The molecule has 0 aliphatic rings. The van der Waals surface area contributed by atoms with Gasteiger partial charge in [0.25, 0.3) is 5.91 Å². The maximum absolute atomic E-state index is 13.6. The highest BCUT2D eigenvalue weighted by atomic mass is 35.5. The molecule has 0 bridgehead atoms. The molecule has 0 fully saturated rings. The minimum atomic E-state index is -0.494. The van der Waals surface area contributed by atoms with E-state index < -0.39 is 11.7 Å². The van der Waals surface area contributed by atoms with Crippen LogP contribution in [0.4, 0.5) is 4.39 Å².